The van der Waals surface area contributed by atoms with Gasteiger partial charge < -0.3 is 21.3 Å². The monoisotopic (exact) mass is 358 g/mol. The summed E-state index contributed by atoms with van der Waals surface area (Å²) < 4.78 is 14.8. The standard InChI is InChI=1S/C18H22N4O2S/c19-12-16(20)15-8-4-5-9-17(15)22-18(23)10-11-21-25(24)13-14-6-2-1-3-7-14/h1-9,12,21H,10-11,13,19-20H2,(H,22,23)/b16-12-. The zero-order valence-corrected chi connectivity index (χ0v) is 14.6. The molecule has 1 amide bonds. The highest BCUT2D eigenvalue weighted by molar-refractivity contribution is 7.88. The van der Waals surface area contributed by atoms with Crippen molar-refractivity contribution in [1.82, 2.24) is 4.72 Å². The van der Waals surface area contributed by atoms with Gasteiger partial charge in [-0.25, -0.2) is 0 Å². The van der Waals surface area contributed by atoms with Gasteiger partial charge in [0.05, 0.1) is 17.9 Å². The molecule has 0 bridgehead atoms. The van der Waals surface area contributed by atoms with Crippen molar-refractivity contribution >= 4 is 28.7 Å². The molecule has 0 fully saturated rings. The molecule has 2 aromatic carbocycles. The Balaban J connectivity index is 1.80. The van der Waals surface area contributed by atoms with Crippen LogP contribution < -0.4 is 21.5 Å². The van der Waals surface area contributed by atoms with E-state index in [-0.39, 0.29) is 12.3 Å². The third-order valence-corrected chi connectivity index (χ3v) is 4.57. The van der Waals surface area contributed by atoms with E-state index in [1.54, 1.807) is 18.2 Å². The van der Waals surface area contributed by atoms with E-state index in [0.717, 1.165) is 5.56 Å². The predicted octanol–water partition coefficient (Wildman–Crippen LogP) is 1.68. The zero-order valence-electron chi connectivity index (χ0n) is 13.8. The summed E-state index contributed by atoms with van der Waals surface area (Å²) in [5.41, 5.74) is 13.9. The van der Waals surface area contributed by atoms with E-state index in [1.165, 1.54) is 6.20 Å². The van der Waals surface area contributed by atoms with Crippen LogP contribution in [0.25, 0.3) is 5.70 Å². The fourth-order valence-corrected chi connectivity index (χ4v) is 3.13. The van der Waals surface area contributed by atoms with Crippen LogP contribution in [-0.4, -0.2) is 17.0 Å². The predicted molar refractivity (Wildman–Crippen MR) is 102 cm³/mol. The van der Waals surface area contributed by atoms with Crippen LogP contribution in [0.3, 0.4) is 0 Å². The number of nitrogens with one attached hydrogen (secondary N) is 2. The number of amides is 1. The molecule has 132 valence electrons. The second-order valence-corrected chi connectivity index (χ2v) is 6.60. The number of carbonyl (C=O) groups excluding carboxylic acids is 1. The van der Waals surface area contributed by atoms with Gasteiger partial charge in [-0.05, 0) is 6.07 Å². The molecule has 0 spiro atoms. The van der Waals surface area contributed by atoms with Crippen LogP contribution in [0.5, 0.6) is 0 Å². The Morgan fingerprint density at radius 3 is 2.52 bits per heavy atom. The van der Waals surface area contributed by atoms with E-state index in [4.69, 9.17) is 11.5 Å². The summed E-state index contributed by atoms with van der Waals surface area (Å²) in [6.45, 7) is 0.315. The summed E-state index contributed by atoms with van der Waals surface area (Å²) in [4.78, 5) is 12.1. The highest BCUT2D eigenvalue weighted by atomic mass is 32.2. The van der Waals surface area contributed by atoms with E-state index >= 15 is 0 Å². The average Bonchev–Trinajstić information content (AvgIpc) is 2.62. The lowest BCUT2D eigenvalue weighted by molar-refractivity contribution is -0.116. The number of rotatable bonds is 8. The van der Waals surface area contributed by atoms with Gasteiger partial charge in [0, 0.05) is 35.1 Å². The second kappa shape index (κ2) is 9.73. The highest BCUT2D eigenvalue weighted by Crippen LogP contribution is 2.20. The molecule has 0 heterocycles. The van der Waals surface area contributed by atoms with Gasteiger partial charge in [0.15, 0.2) is 5.75 Å². The molecule has 0 aromatic heterocycles. The fourth-order valence-electron chi connectivity index (χ4n) is 2.20. The van der Waals surface area contributed by atoms with Crippen molar-refractivity contribution in [3.63, 3.8) is 0 Å². The van der Waals surface area contributed by atoms with Gasteiger partial charge in [-0.3, -0.25) is 4.79 Å². The Hall–Kier alpha value is -2.48. The van der Waals surface area contributed by atoms with Crippen molar-refractivity contribution in [1.29, 1.82) is 0 Å². The maximum Gasteiger partial charge on any atom is 0.225 e. The fraction of sp³-hybridized carbons (Fsp3) is 0.167. The van der Waals surface area contributed by atoms with Gasteiger partial charge in [-0.15, -0.1) is 4.72 Å². The Labute approximate surface area is 150 Å². The molecule has 1 atom stereocenters. The molecule has 7 heteroatoms. The molecule has 0 aliphatic heterocycles. The number of anilines is 1. The van der Waals surface area contributed by atoms with Crippen LogP contribution in [0.15, 0.2) is 60.8 Å². The van der Waals surface area contributed by atoms with E-state index < -0.39 is 11.4 Å². The first-order valence-electron chi connectivity index (χ1n) is 7.82. The molecule has 2 aromatic rings. The lowest BCUT2D eigenvalue weighted by Gasteiger charge is -2.13. The quantitative estimate of drug-likeness (QED) is 0.536. The first-order chi connectivity index (χ1) is 12.1. The lowest BCUT2D eigenvalue weighted by atomic mass is 10.1. The zero-order chi connectivity index (χ0) is 18.1. The minimum Gasteiger partial charge on any atom is -0.598 e. The molecule has 0 aliphatic rings. The maximum absolute atomic E-state index is 12.1. The molecule has 1 unspecified atom stereocenters. The molecule has 6 N–H and O–H groups in total. The summed E-state index contributed by atoms with van der Waals surface area (Å²) in [6.07, 6.45) is 1.49. The van der Waals surface area contributed by atoms with Gasteiger partial charge in [0.25, 0.3) is 0 Å². The molecule has 0 radical (unpaired) electrons. The number of nitrogens with two attached hydrogens (primary N) is 2. The lowest BCUT2D eigenvalue weighted by Crippen LogP contribution is -2.29. The topological polar surface area (TPSA) is 116 Å². The van der Waals surface area contributed by atoms with E-state index in [2.05, 4.69) is 10.0 Å². The van der Waals surface area contributed by atoms with Crippen molar-refractivity contribution in [2.24, 2.45) is 11.5 Å². The van der Waals surface area contributed by atoms with Gasteiger partial charge in [0.1, 0.15) is 0 Å². The number of benzene rings is 2. The Morgan fingerprint density at radius 2 is 1.80 bits per heavy atom. The van der Waals surface area contributed by atoms with Gasteiger partial charge in [-0.2, -0.15) is 0 Å². The third-order valence-electron chi connectivity index (χ3n) is 3.45. The van der Waals surface area contributed by atoms with Crippen molar-refractivity contribution in [3.05, 3.63) is 71.9 Å². The molecule has 0 aliphatic carbocycles. The van der Waals surface area contributed by atoms with Crippen LogP contribution in [0.1, 0.15) is 17.5 Å². The molecule has 2 rings (SSSR count). The average molecular weight is 358 g/mol. The molecular weight excluding hydrogens is 336 g/mol. The van der Waals surface area contributed by atoms with Crippen LogP contribution in [0.2, 0.25) is 0 Å². The first kappa shape index (κ1) is 18.9. The van der Waals surface area contributed by atoms with Crippen LogP contribution in [0, 0.1) is 0 Å². The number of para-hydroxylation sites is 1. The molecule has 6 nitrogen and oxygen atoms in total. The minimum atomic E-state index is -1.22. The van der Waals surface area contributed by atoms with Crippen molar-refractivity contribution in [2.75, 3.05) is 11.9 Å². The Kier molecular flexibility index (Phi) is 7.34. The summed E-state index contributed by atoms with van der Waals surface area (Å²) >= 11 is -1.22. The van der Waals surface area contributed by atoms with Crippen molar-refractivity contribution in [3.8, 4) is 0 Å². The molecular formula is C18H22N4O2S. The Bertz CT molecular complexity index is 722. The normalized spacial score (nSPS) is 12.6. The second-order valence-electron chi connectivity index (χ2n) is 5.34. The minimum absolute atomic E-state index is 0.193. The van der Waals surface area contributed by atoms with Gasteiger partial charge in [-0.1, -0.05) is 48.5 Å². The Morgan fingerprint density at radius 1 is 1.12 bits per heavy atom. The van der Waals surface area contributed by atoms with Crippen LogP contribution in [0.4, 0.5) is 5.69 Å². The summed E-state index contributed by atoms with van der Waals surface area (Å²) in [5.74, 6) is 0.213. The molecule has 25 heavy (non-hydrogen) atoms. The van der Waals surface area contributed by atoms with E-state index in [9.17, 15) is 9.35 Å². The largest absolute Gasteiger partial charge is 0.598 e. The summed E-state index contributed by atoms with van der Waals surface area (Å²) in [6, 6.07) is 16.7. The SMILES string of the molecule is N/C=C(\N)c1ccccc1NC(=O)CCN[S+]([O-])Cc1ccccc1. The van der Waals surface area contributed by atoms with Gasteiger partial charge in [0.2, 0.25) is 5.91 Å². The smallest absolute Gasteiger partial charge is 0.225 e. The molecule has 0 saturated carbocycles. The van der Waals surface area contributed by atoms with Crippen LogP contribution >= 0.6 is 0 Å². The van der Waals surface area contributed by atoms with E-state index in [0.29, 0.717) is 29.2 Å². The highest BCUT2D eigenvalue weighted by Gasteiger charge is 2.11. The first-order valence-corrected chi connectivity index (χ1v) is 9.14. The van der Waals surface area contributed by atoms with Gasteiger partial charge >= 0.3 is 0 Å². The van der Waals surface area contributed by atoms with Crippen molar-refractivity contribution < 1.29 is 9.35 Å². The summed E-state index contributed by atoms with van der Waals surface area (Å²) in [7, 11) is 0. The number of hydrogen-bond donors (Lipinski definition) is 4. The maximum atomic E-state index is 12.1. The molecule has 0 saturated heterocycles. The summed E-state index contributed by atoms with van der Waals surface area (Å²) in [5, 5.41) is 2.79. The van der Waals surface area contributed by atoms with E-state index in [1.807, 2.05) is 36.4 Å². The number of carbonyl (C=O) groups is 1. The van der Waals surface area contributed by atoms with Crippen LogP contribution in [-0.2, 0) is 21.9 Å². The van der Waals surface area contributed by atoms with Crippen molar-refractivity contribution in [2.45, 2.75) is 12.2 Å². The third kappa shape index (κ3) is 6.15. The number of hydrogen-bond acceptors (Lipinski definition) is 5.